The Bertz CT molecular complexity index is 549. The topological polar surface area (TPSA) is 51.8 Å². The van der Waals surface area contributed by atoms with Crippen molar-refractivity contribution in [3.8, 4) is 11.3 Å². The molecule has 0 fully saturated rings. The summed E-state index contributed by atoms with van der Waals surface area (Å²) in [4.78, 5) is 8.88. The number of aromatic nitrogens is 2. The zero-order valence-corrected chi connectivity index (χ0v) is 11.7. The lowest BCUT2D eigenvalue weighted by Gasteiger charge is -2.07. The quantitative estimate of drug-likeness (QED) is 0.887. The Kier molecular flexibility index (Phi) is 4.50. The summed E-state index contributed by atoms with van der Waals surface area (Å²) in [6.07, 6.45) is 4.14. The number of benzene rings is 1. The molecule has 0 saturated heterocycles. The maximum absolute atomic E-state index is 5.87. The van der Waals surface area contributed by atoms with Crippen LogP contribution in [0.2, 0.25) is 0 Å². The van der Waals surface area contributed by atoms with Gasteiger partial charge in [-0.2, -0.15) is 0 Å². The molecule has 0 amide bonds. The lowest BCUT2D eigenvalue weighted by molar-refractivity contribution is 0.839. The molecule has 3 nitrogen and oxygen atoms in total. The highest BCUT2D eigenvalue weighted by molar-refractivity contribution is 5.62. The van der Waals surface area contributed by atoms with Crippen LogP contribution in [-0.4, -0.2) is 9.97 Å². The lowest BCUT2D eigenvalue weighted by Crippen LogP contribution is -2.01. The number of hydrogen-bond donors (Lipinski definition) is 1. The SMILES string of the molecule is CCCc1cccc(-c2cc(N)nc(CCC)n2)c1. The van der Waals surface area contributed by atoms with E-state index in [1.54, 1.807) is 0 Å². The molecule has 2 rings (SSSR count). The summed E-state index contributed by atoms with van der Waals surface area (Å²) < 4.78 is 0. The standard InChI is InChI=1S/C16H21N3/c1-3-6-12-8-5-9-13(10-12)14-11-15(17)19-16(18-14)7-4-2/h5,8-11H,3-4,6-7H2,1-2H3,(H2,17,18,19). The number of hydrogen-bond acceptors (Lipinski definition) is 3. The highest BCUT2D eigenvalue weighted by Crippen LogP contribution is 2.21. The predicted molar refractivity (Wildman–Crippen MR) is 79.9 cm³/mol. The molecule has 0 unspecified atom stereocenters. The van der Waals surface area contributed by atoms with Crippen molar-refractivity contribution in [1.82, 2.24) is 9.97 Å². The van der Waals surface area contributed by atoms with E-state index >= 15 is 0 Å². The number of nitrogens with zero attached hydrogens (tertiary/aromatic N) is 2. The van der Waals surface area contributed by atoms with E-state index in [-0.39, 0.29) is 0 Å². The van der Waals surface area contributed by atoms with E-state index in [2.05, 4.69) is 48.1 Å². The number of nitrogen functional groups attached to an aromatic ring is 1. The smallest absolute Gasteiger partial charge is 0.131 e. The van der Waals surface area contributed by atoms with Gasteiger partial charge in [0, 0.05) is 18.1 Å². The second-order valence-corrected chi connectivity index (χ2v) is 4.79. The number of aryl methyl sites for hydroxylation is 2. The molecule has 3 heteroatoms. The second-order valence-electron chi connectivity index (χ2n) is 4.79. The van der Waals surface area contributed by atoms with E-state index in [1.165, 1.54) is 5.56 Å². The Morgan fingerprint density at radius 1 is 1.00 bits per heavy atom. The third-order valence-electron chi connectivity index (χ3n) is 3.03. The van der Waals surface area contributed by atoms with E-state index in [4.69, 9.17) is 5.73 Å². The van der Waals surface area contributed by atoms with Gasteiger partial charge in [0.25, 0.3) is 0 Å². The van der Waals surface area contributed by atoms with Gasteiger partial charge in [0.1, 0.15) is 11.6 Å². The highest BCUT2D eigenvalue weighted by atomic mass is 14.9. The Hall–Kier alpha value is -1.90. The third-order valence-corrected chi connectivity index (χ3v) is 3.03. The molecular weight excluding hydrogens is 234 g/mol. The van der Waals surface area contributed by atoms with Crippen molar-refractivity contribution in [2.45, 2.75) is 39.5 Å². The van der Waals surface area contributed by atoms with Gasteiger partial charge in [-0.05, 0) is 24.5 Å². The molecule has 0 saturated carbocycles. The minimum atomic E-state index is 0.550. The maximum atomic E-state index is 5.87. The van der Waals surface area contributed by atoms with Gasteiger partial charge in [-0.15, -0.1) is 0 Å². The van der Waals surface area contributed by atoms with Crippen molar-refractivity contribution in [1.29, 1.82) is 0 Å². The monoisotopic (exact) mass is 255 g/mol. The fourth-order valence-electron chi connectivity index (χ4n) is 2.18. The van der Waals surface area contributed by atoms with Crippen LogP contribution in [0.3, 0.4) is 0 Å². The van der Waals surface area contributed by atoms with Crippen LogP contribution in [0.15, 0.2) is 30.3 Å². The van der Waals surface area contributed by atoms with Crippen molar-refractivity contribution < 1.29 is 0 Å². The van der Waals surface area contributed by atoms with Crippen molar-refractivity contribution in [3.05, 3.63) is 41.7 Å². The van der Waals surface area contributed by atoms with Gasteiger partial charge in [0.05, 0.1) is 5.69 Å². The van der Waals surface area contributed by atoms with E-state index < -0.39 is 0 Å². The Morgan fingerprint density at radius 3 is 2.53 bits per heavy atom. The van der Waals surface area contributed by atoms with Gasteiger partial charge in [-0.3, -0.25) is 0 Å². The summed E-state index contributed by atoms with van der Waals surface area (Å²) in [6, 6.07) is 10.4. The first-order valence-electron chi connectivity index (χ1n) is 6.95. The van der Waals surface area contributed by atoms with Gasteiger partial charge in [-0.1, -0.05) is 38.5 Å². The summed E-state index contributed by atoms with van der Waals surface area (Å²) in [5.41, 5.74) is 9.26. The van der Waals surface area contributed by atoms with Gasteiger partial charge in [0.2, 0.25) is 0 Å². The molecule has 19 heavy (non-hydrogen) atoms. The second kappa shape index (κ2) is 6.32. The first-order chi connectivity index (χ1) is 9.22. The Labute approximate surface area is 114 Å². The van der Waals surface area contributed by atoms with E-state index in [0.29, 0.717) is 5.82 Å². The zero-order valence-electron chi connectivity index (χ0n) is 11.7. The van der Waals surface area contributed by atoms with Crippen molar-refractivity contribution in [2.75, 3.05) is 5.73 Å². The molecule has 1 aromatic carbocycles. The van der Waals surface area contributed by atoms with Crippen LogP contribution in [0.5, 0.6) is 0 Å². The average Bonchev–Trinajstić information content (AvgIpc) is 2.39. The van der Waals surface area contributed by atoms with Gasteiger partial charge in [0.15, 0.2) is 0 Å². The number of nitrogens with two attached hydrogens (primary N) is 1. The molecule has 0 aliphatic carbocycles. The summed E-state index contributed by atoms with van der Waals surface area (Å²) in [6.45, 7) is 4.31. The van der Waals surface area contributed by atoms with Crippen LogP contribution in [0.4, 0.5) is 5.82 Å². The van der Waals surface area contributed by atoms with Crippen LogP contribution in [-0.2, 0) is 12.8 Å². The van der Waals surface area contributed by atoms with Crippen LogP contribution < -0.4 is 5.73 Å². The summed E-state index contributed by atoms with van der Waals surface area (Å²) in [7, 11) is 0. The lowest BCUT2D eigenvalue weighted by atomic mass is 10.0. The first-order valence-corrected chi connectivity index (χ1v) is 6.95. The number of rotatable bonds is 5. The molecule has 0 aliphatic heterocycles. The van der Waals surface area contributed by atoms with E-state index in [9.17, 15) is 0 Å². The molecular formula is C16H21N3. The highest BCUT2D eigenvalue weighted by Gasteiger charge is 2.05. The normalized spacial score (nSPS) is 10.6. The molecule has 2 N–H and O–H groups in total. The van der Waals surface area contributed by atoms with E-state index in [0.717, 1.165) is 42.8 Å². The summed E-state index contributed by atoms with van der Waals surface area (Å²) >= 11 is 0. The largest absolute Gasteiger partial charge is 0.384 e. The maximum Gasteiger partial charge on any atom is 0.131 e. The van der Waals surface area contributed by atoms with Crippen molar-refractivity contribution in [3.63, 3.8) is 0 Å². The van der Waals surface area contributed by atoms with Crippen LogP contribution in [0.1, 0.15) is 38.1 Å². The minimum absolute atomic E-state index is 0.550. The molecule has 0 bridgehead atoms. The summed E-state index contributed by atoms with van der Waals surface area (Å²) in [5, 5.41) is 0. The van der Waals surface area contributed by atoms with Crippen LogP contribution in [0.25, 0.3) is 11.3 Å². The van der Waals surface area contributed by atoms with Gasteiger partial charge >= 0.3 is 0 Å². The van der Waals surface area contributed by atoms with Gasteiger partial charge in [-0.25, -0.2) is 9.97 Å². The molecule has 1 aromatic heterocycles. The molecule has 1 heterocycles. The average molecular weight is 255 g/mol. The molecule has 0 radical (unpaired) electrons. The molecule has 100 valence electrons. The van der Waals surface area contributed by atoms with Crippen molar-refractivity contribution >= 4 is 5.82 Å². The predicted octanol–water partition coefficient (Wildman–Crippen LogP) is 3.63. The number of anilines is 1. The van der Waals surface area contributed by atoms with Crippen molar-refractivity contribution in [2.24, 2.45) is 0 Å². The van der Waals surface area contributed by atoms with Crippen LogP contribution in [0, 0.1) is 0 Å². The molecule has 0 aliphatic rings. The first kappa shape index (κ1) is 13.5. The third kappa shape index (κ3) is 3.53. The molecule has 0 atom stereocenters. The molecule has 2 aromatic rings. The summed E-state index contributed by atoms with van der Waals surface area (Å²) in [5.74, 6) is 1.38. The van der Waals surface area contributed by atoms with Crippen LogP contribution >= 0.6 is 0 Å². The Balaban J connectivity index is 2.37. The molecule has 0 spiro atoms. The van der Waals surface area contributed by atoms with E-state index in [1.807, 2.05) is 6.07 Å². The zero-order chi connectivity index (χ0) is 13.7. The fourth-order valence-corrected chi connectivity index (χ4v) is 2.18. The Morgan fingerprint density at radius 2 is 1.79 bits per heavy atom. The van der Waals surface area contributed by atoms with Gasteiger partial charge < -0.3 is 5.73 Å². The minimum Gasteiger partial charge on any atom is -0.384 e. The fraction of sp³-hybridized carbons (Fsp3) is 0.375.